The van der Waals surface area contributed by atoms with Crippen molar-refractivity contribution in [3.8, 4) is 0 Å². The molecule has 0 aliphatic rings. The van der Waals surface area contributed by atoms with Gasteiger partial charge in [-0.15, -0.1) is 0 Å². The molecule has 0 spiro atoms. The number of aryl methyl sites for hydroxylation is 1. The van der Waals surface area contributed by atoms with Crippen molar-refractivity contribution in [2.24, 2.45) is 0 Å². The van der Waals surface area contributed by atoms with Crippen LogP contribution >= 0.6 is 0 Å². The van der Waals surface area contributed by atoms with Crippen molar-refractivity contribution in [2.75, 3.05) is 0 Å². The van der Waals surface area contributed by atoms with Gasteiger partial charge in [0.2, 0.25) is 15.6 Å². The fourth-order valence-corrected chi connectivity index (χ4v) is 2.62. The average Bonchev–Trinajstić information content (AvgIpc) is 2.27. The number of sulfonamides is 1. The number of hydrogen-bond donors (Lipinski definition) is 2. The zero-order chi connectivity index (χ0) is 15.8. The highest BCUT2D eigenvalue weighted by Crippen LogP contribution is 2.32. The molecule has 0 saturated carbocycles. The van der Waals surface area contributed by atoms with Crippen LogP contribution in [0.4, 0.5) is 13.2 Å². The smallest absolute Gasteiger partial charge is 0.418 e. The second kappa shape index (κ2) is 5.06. The number of nitrogens with one attached hydrogen (secondary N) is 1. The van der Waals surface area contributed by atoms with Crippen LogP contribution in [0.3, 0.4) is 0 Å². The van der Waals surface area contributed by atoms with E-state index in [9.17, 15) is 26.4 Å². The van der Waals surface area contributed by atoms with E-state index in [1.807, 2.05) is 0 Å². The zero-order valence-corrected chi connectivity index (χ0v) is 11.3. The van der Waals surface area contributed by atoms with Crippen LogP contribution in [0.2, 0.25) is 0 Å². The summed E-state index contributed by atoms with van der Waals surface area (Å²) in [6.07, 6.45) is -5.28. The lowest BCUT2D eigenvalue weighted by atomic mass is 10.0. The van der Waals surface area contributed by atoms with Crippen LogP contribution in [-0.2, 0) is 14.8 Å². The molecule has 0 amide bonds. The first-order valence-corrected chi connectivity index (χ1v) is 6.79. The molecule has 0 aliphatic heterocycles. The first kappa shape index (κ1) is 16.4. The summed E-state index contributed by atoms with van der Waals surface area (Å²) in [5, 5.41) is 8.68. The van der Waals surface area contributed by atoms with Gasteiger partial charge < -0.3 is 5.11 Å². The third kappa shape index (κ3) is 3.10. The van der Waals surface area contributed by atoms with E-state index in [1.54, 1.807) is 6.92 Å². The van der Waals surface area contributed by atoms with Gasteiger partial charge in [0, 0.05) is 0 Å². The summed E-state index contributed by atoms with van der Waals surface area (Å²) in [6.45, 7) is 1.92. The number of aliphatic carboxylic acids is 1. The van der Waals surface area contributed by atoms with Gasteiger partial charge in [-0.1, -0.05) is 17.7 Å². The van der Waals surface area contributed by atoms with E-state index in [2.05, 4.69) is 0 Å². The Morgan fingerprint density at radius 1 is 1.20 bits per heavy atom. The van der Waals surface area contributed by atoms with Gasteiger partial charge in [-0.2, -0.15) is 17.9 Å². The number of halogens is 3. The van der Waals surface area contributed by atoms with E-state index >= 15 is 0 Å². The number of carboxylic acids is 1. The molecule has 20 heavy (non-hydrogen) atoms. The monoisotopic (exact) mass is 311 g/mol. The Morgan fingerprint density at radius 3 is 2.00 bits per heavy atom. The van der Waals surface area contributed by atoms with Gasteiger partial charge >= 0.3 is 12.1 Å². The number of alkyl halides is 3. The summed E-state index contributed by atoms with van der Waals surface area (Å²) in [7, 11) is -4.61. The summed E-state index contributed by atoms with van der Waals surface area (Å²) in [4.78, 5) is 10.3. The lowest BCUT2D eigenvalue weighted by molar-refractivity contribution is -0.201. The number of rotatable bonds is 4. The highest BCUT2D eigenvalue weighted by Gasteiger charge is 2.59. The quantitative estimate of drug-likeness (QED) is 0.886. The highest BCUT2D eigenvalue weighted by atomic mass is 32.2. The minimum Gasteiger partial charge on any atom is -0.480 e. The molecule has 0 aromatic heterocycles. The summed E-state index contributed by atoms with van der Waals surface area (Å²) in [5.74, 6) is -2.33. The van der Waals surface area contributed by atoms with Crippen LogP contribution < -0.4 is 4.72 Å². The maximum atomic E-state index is 12.8. The van der Waals surface area contributed by atoms with E-state index in [0.717, 1.165) is 12.1 Å². The van der Waals surface area contributed by atoms with Crippen LogP contribution in [0, 0.1) is 6.92 Å². The van der Waals surface area contributed by atoms with E-state index in [-0.39, 0.29) is 6.92 Å². The van der Waals surface area contributed by atoms with Crippen molar-refractivity contribution in [3.63, 3.8) is 0 Å². The molecule has 1 unspecified atom stereocenters. The number of carbonyl (C=O) groups is 1. The van der Waals surface area contributed by atoms with Crippen molar-refractivity contribution in [1.29, 1.82) is 0 Å². The van der Waals surface area contributed by atoms with Gasteiger partial charge in [0.1, 0.15) is 0 Å². The second-order valence-electron chi connectivity index (χ2n) is 4.35. The zero-order valence-electron chi connectivity index (χ0n) is 10.5. The van der Waals surface area contributed by atoms with Crippen LogP contribution in [0.5, 0.6) is 0 Å². The fraction of sp³-hybridized carbons (Fsp3) is 0.364. The number of hydrogen-bond acceptors (Lipinski definition) is 3. The predicted molar refractivity (Wildman–Crippen MR) is 63.6 cm³/mol. The lowest BCUT2D eigenvalue weighted by Crippen LogP contribution is -2.61. The Kier molecular flexibility index (Phi) is 4.16. The molecular formula is C11H12F3NO4S. The van der Waals surface area contributed by atoms with Gasteiger partial charge in [-0.25, -0.2) is 13.2 Å². The SMILES string of the molecule is Cc1ccc(S(=O)(=O)NC(C)(C(=O)O)C(F)(F)F)cc1. The molecule has 0 aliphatic carbocycles. The van der Waals surface area contributed by atoms with Crippen molar-refractivity contribution >= 4 is 16.0 Å². The van der Waals surface area contributed by atoms with E-state index < -0.39 is 32.6 Å². The normalized spacial score (nSPS) is 15.7. The molecule has 9 heteroatoms. The molecule has 2 N–H and O–H groups in total. The van der Waals surface area contributed by atoms with Gasteiger partial charge in [0.15, 0.2) is 0 Å². The molecular weight excluding hydrogens is 299 g/mol. The average molecular weight is 311 g/mol. The Labute approximate surface area is 113 Å². The maximum Gasteiger partial charge on any atom is 0.418 e. The van der Waals surface area contributed by atoms with Crippen molar-refractivity contribution in [3.05, 3.63) is 29.8 Å². The largest absolute Gasteiger partial charge is 0.480 e. The summed E-state index contributed by atoms with van der Waals surface area (Å²) in [6, 6.07) is 4.97. The number of carboxylic acid groups (broad SMARTS) is 1. The fourth-order valence-electron chi connectivity index (χ4n) is 1.27. The van der Waals surface area contributed by atoms with Crippen molar-refractivity contribution in [2.45, 2.75) is 30.5 Å². The van der Waals surface area contributed by atoms with Gasteiger partial charge in [0.25, 0.3) is 0 Å². The van der Waals surface area contributed by atoms with E-state index in [4.69, 9.17) is 5.11 Å². The summed E-state index contributed by atoms with van der Waals surface area (Å²) < 4.78 is 63.1. The first-order valence-electron chi connectivity index (χ1n) is 5.31. The molecule has 1 aromatic rings. The van der Waals surface area contributed by atoms with Gasteiger partial charge in [-0.05, 0) is 26.0 Å². The van der Waals surface area contributed by atoms with E-state index in [0.29, 0.717) is 5.56 Å². The molecule has 5 nitrogen and oxygen atoms in total. The standard InChI is InChI=1S/C11H12F3NO4S/c1-7-3-5-8(6-4-7)20(18,19)15-10(2,9(16)17)11(12,13)14/h3-6,15H,1-2H3,(H,16,17). The Hall–Kier alpha value is -1.61. The first-order chi connectivity index (χ1) is 8.90. The van der Waals surface area contributed by atoms with Crippen LogP contribution in [0.15, 0.2) is 29.2 Å². The molecule has 1 atom stereocenters. The molecule has 0 radical (unpaired) electrons. The molecule has 1 rings (SSSR count). The molecule has 1 aromatic carbocycles. The predicted octanol–water partition coefficient (Wildman–Crippen LogP) is 1.68. The second-order valence-corrected chi connectivity index (χ2v) is 6.03. The topological polar surface area (TPSA) is 83.5 Å². The Bertz CT molecular complexity index is 610. The number of benzene rings is 1. The molecule has 0 heterocycles. The highest BCUT2D eigenvalue weighted by molar-refractivity contribution is 7.89. The van der Waals surface area contributed by atoms with Crippen molar-refractivity contribution < 1.29 is 31.5 Å². The molecule has 0 fully saturated rings. The Balaban J connectivity index is 3.24. The third-order valence-electron chi connectivity index (χ3n) is 2.66. The van der Waals surface area contributed by atoms with Gasteiger partial charge in [-0.3, -0.25) is 0 Å². The molecule has 0 bridgehead atoms. The van der Waals surface area contributed by atoms with E-state index in [1.165, 1.54) is 16.9 Å². The van der Waals surface area contributed by atoms with Gasteiger partial charge in [0.05, 0.1) is 4.90 Å². The minimum absolute atomic E-state index is 0.251. The third-order valence-corrected chi connectivity index (χ3v) is 4.23. The maximum absolute atomic E-state index is 12.8. The molecule has 0 saturated heterocycles. The van der Waals surface area contributed by atoms with Crippen LogP contribution in [0.1, 0.15) is 12.5 Å². The minimum atomic E-state index is -5.28. The van der Waals surface area contributed by atoms with Crippen LogP contribution in [0.25, 0.3) is 0 Å². The summed E-state index contributed by atoms with van der Waals surface area (Å²) in [5.41, 5.74) is -2.89. The Morgan fingerprint density at radius 2 is 1.65 bits per heavy atom. The lowest BCUT2D eigenvalue weighted by Gasteiger charge is -2.28. The van der Waals surface area contributed by atoms with Crippen molar-refractivity contribution in [1.82, 2.24) is 4.72 Å². The van der Waals surface area contributed by atoms with Crippen LogP contribution in [-0.4, -0.2) is 31.2 Å². The summed E-state index contributed by atoms with van der Waals surface area (Å²) >= 11 is 0. The molecule has 112 valence electrons.